The number of benzene rings is 3. The molecule has 1 unspecified atom stereocenters. The molecule has 0 heterocycles. The van der Waals surface area contributed by atoms with Crippen LogP contribution in [0.3, 0.4) is 0 Å². The van der Waals surface area contributed by atoms with Crippen LogP contribution in [-0.2, 0) is 34.7 Å². The second-order valence-electron chi connectivity index (χ2n) is 10.2. The molecule has 0 bridgehead atoms. The molecule has 0 aliphatic heterocycles. The van der Waals surface area contributed by atoms with Crippen LogP contribution in [0.1, 0.15) is 45.4 Å². The normalized spacial score (nSPS) is 14.6. The van der Waals surface area contributed by atoms with Gasteiger partial charge in [0.15, 0.2) is 20.9 Å². The van der Waals surface area contributed by atoms with E-state index >= 15 is 0 Å². The fraction of sp³-hybridized carbons (Fsp3) is 0.364. The molecule has 1 atom stereocenters. The van der Waals surface area contributed by atoms with Crippen molar-refractivity contribution in [3.63, 3.8) is 0 Å². The van der Waals surface area contributed by atoms with E-state index in [0.717, 1.165) is 31.3 Å². The van der Waals surface area contributed by atoms with E-state index in [9.17, 15) is 26.4 Å². The van der Waals surface area contributed by atoms with E-state index in [2.05, 4.69) is 39.8 Å². The van der Waals surface area contributed by atoms with Gasteiger partial charge in [0.05, 0.1) is 41.9 Å². The molecule has 0 radical (unpaired) electrons. The number of carbonyl (C=O) groups is 1. The Hall–Kier alpha value is -2.93. The molecule has 0 N–H and O–H groups in total. The SMILES string of the molecule is C=C(C)C(=O)OCCC(F)C(F)(F)SOC.O=S(=O)(Oc1ccc([S+](c2ccccc2)c2ccccc2)cc1)C1CCCCC1. The van der Waals surface area contributed by atoms with Crippen LogP contribution in [0.25, 0.3) is 0 Å². The topological polar surface area (TPSA) is 78.9 Å². The van der Waals surface area contributed by atoms with Crippen molar-refractivity contribution < 1.29 is 39.5 Å². The molecule has 0 aromatic heterocycles. The van der Waals surface area contributed by atoms with Gasteiger partial charge < -0.3 is 13.1 Å². The van der Waals surface area contributed by atoms with Crippen molar-refractivity contribution in [2.45, 2.75) is 76.8 Å². The number of esters is 1. The maximum atomic E-state index is 13.0. The van der Waals surface area contributed by atoms with Gasteiger partial charge in [0.25, 0.3) is 0 Å². The van der Waals surface area contributed by atoms with E-state index in [4.69, 9.17) is 4.18 Å². The molecule has 3 aromatic rings. The van der Waals surface area contributed by atoms with Crippen molar-refractivity contribution in [2.24, 2.45) is 0 Å². The summed E-state index contributed by atoms with van der Waals surface area (Å²) in [7, 11) is -2.81. The largest absolute Gasteiger partial charge is 0.462 e. The van der Waals surface area contributed by atoms with Crippen LogP contribution in [0.15, 0.2) is 112 Å². The molecule has 6 nitrogen and oxygen atoms in total. The Balaban J connectivity index is 0.000000296. The predicted octanol–water partition coefficient (Wildman–Crippen LogP) is 8.54. The minimum Gasteiger partial charge on any atom is -0.462 e. The lowest BCUT2D eigenvalue weighted by Crippen LogP contribution is -2.28. The number of ether oxygens (including phenoxy) is 1. The third-order valence-electron chi connectivity index (χ3n) is 6.70. The number of hydrogen-bond donors (Lipinski definition) is 0. The van der Waals surface area contributed by atoms with Gasteiger partial charge in [-0.2, -0.15) is 17.2 Å². The Labute approximate surface area is 271 Å². The molecular formula is C33H38F3O6S3+. The second kappa shape index (κ2) is 17.7. The summed E-state index contributed by atoms with van der Waals surface area (Å²) >= 11 is -0.260. The summed E-state index contributed by atoms with van der Waals surface area (Å²) in [6.45, 7) is 4.27. The van der Waals surface area contributed by atoms with Crippen LogP contribution in [-0.4, -0.2) is 44.8 Å². The fourth-order valence-corrected chi connectivity index (χ4v) is 8.37. The minimum atomic E-state index is -3.65. The first-order valence-electron chi connectivity index (χ1n) is 14.4. The molecule has 45 heavy (non-hydrogen) atoms. The van der Waals surface area contributed by atoms with Crippen molar-refractivity contribution >= 4 is 39.0 Å². The summed E-state index contributed by atoms with van der Waals surface area (Å²) < 4.78 is 77.8. The van der Waals surface area contributed by atoms with Gasteiger partial charge in [0.2, 0.25) is 0 Å². The van der Waals surface area contributed by atoms with E-state index in [0.29, 0.717) is 18.6 Å². The molecule has 0 spiro atoms. The summed E-state index contributed by atoms with van der Waals surface area (Å²) in [6, 6.07) is 28.3. The lowest BCUT2D eigenvalue weighted by molar-refractivity contribution is -0.140. The highest BCUT2D eigenvalue weighted by atomic mass is 32.2. The van der Waals surface area contributed by atoms with Gasteiger partial charge in [0, 0.05) is 12.0 Å². The Kier molecular flexibility index (Phi) is 14.4. The summed E-state index contributed by atoms with van der Waals surface area (Å²) in [5.41, 5.74) is 0.133. The monoisotopic (exact) mass is 683 g/mol. The predicted molar refractivity (Wildman–Crippen MR) is 173 cm³/mol. The van der Waals surface area contributed by atoms with Crippen LogP contribution in [0.4, 0.5) is 13.2 Å². The molecule has 3 aromatic carbocycles. The molecule has 244 valence electrons. The van der Waals surface area contributed by atoms with Crippen molar-refractivity contribution in [1.29, 1.82) is 0 Å². The molecule has 12 heteroatoms. The van der Waals surface area contributed by atoms with Crippen molar-refractivity contribution in [3.8, 4) is 5.75 Å². The van der Waals surface area contributed by atoms with Crippen LogP contribution in [0, 0.1) is 0 Å². The first-order chi connectivity index (χ1) is 21.4. The molecule has 1 aliphatic carbocycles. The number of alkyl halides is 3. The summed E-state index contributed by atoms with van der Waals surface area (Å²) in [4.78, 5) is 14.4. The van der Waals surface area contributed by atoms with Gasteiger partial charge in [-0.05, 0) is 68.3 Å². The van der Waals surface area contributed by atoms with E-state index in [-0.39, 0.29) is 33.8 Å². The Morgan fingerprint density at radius 3 is 1.93 bits per heavy atom. The fourth-order valence-electron chi connectivity index (χ4n) is 4.42. The molecule has 1 saturated carbocycles. The number of halogens is 3. The van der Waals surface area contributed by atoms with Crippen molar-refractivity contribution in [1.82, 2.24) is 0 Å². The summed E-state index contributed by atoms with van der Waals surface area (Å²) in [5.74, 6) is -0.334. The first kappa shape index (κ1) is 36.5. The van der Waals surface area contributed by atoms with Gasteiger partial charge in [-0.15, -0.1) is 0 Å². The number of hydrogen-bond acceptors (Lipinski definition) is 7. The zero-order valence-electron chi connectivity index (χ0n) is 25.2. The lowest BCUT2D eigenvalue weighted by Gasteiger charge is -2.21. The highest BCUT2D eigenvalue weighted by molar-refractivity contribution is 7.97. The van der Waals surface area contributed by atoms with Crippen LogP contribution in [0.2, 0.25) is 0 Å². The highest BCUT2D eigenvalue weighted by Gasteiger charge is 2.41. The van der Waals surface area contributed by atoms with Crippen LogP contribution < -0.4 is 4.18 Å². The minimum absolute atomic E-state index is 0.133. The maximum Gasteiger partial charge on any atom is 0.348 e. The first-order valence-corrected chi connectivity index (χ1v) is 17.8. The van der Waals surface area contributed by atoms with Gasteiger partial charge in [-0.25, -0.2) is 9.18 Å². The molecule has 1 aliphatic rings. The van der Waals surface area contributed by atoms with Crippen molar-refractivity contribution in [2.75, 3.05) is 13.7 Å². The molecular weight excluding hydrogens is 646 g/mol. The van der Waals surface area contributed by atoms with E-state index in [1.165, 1.54) is 16.7 Å². The lowest BCUT2D eigenvalue weighted by atomic mass is 10.0. The van der Waals surface area contributed by atoms with Gasteiger partial charge in [0.1, 0.15) is 5.75 Å². The zero-order valence-corrected chi connectivity index (χ0v) is 27.7. The van der Waals surface area contributed by atoms with Crippen LogP contribution in [0.5, 0.6) is 5.75 Å². The Morgan fingerprint density at radius 1 is 0.933 bits per heavy atom. The van der Waals surface area contributed by atoms with E-state index < -0.39 is 40.5 Å². The van der Waals surface area contributed by atoms with Crippen LogP contribution >= 0.6 is 12.0 Å². The molecule has 0 amide bonds. The third kappa shape index (κ3) is 11.4. The number of carbonyl (C=O) groups excluding carboxylic acids is 1. The van der Waals surface area contributed by atoms with Gasteiger partial charge >= 0.3 is 21.3 Å². The zero-order chi connectivity index (χ0) is 32.9. The Bertz CT molecular complexity index is 1410. The van der Waals surface area contributed by atoms with Crippen molar-refractivity contribution in [3.05, 3.63) is 97.1 Å². The third-order valence-corrected chi connectivity index (χ3v) is 11.3. The second-order valence-corrected chi connectivity index (χ2v) is 15.1. The average Bonchev–Trinajstić information content (AvgIpc) is 3.03. The smallest absolute Gasteiger partial charge is 0.348 e. The molecule has 0 saturated heterocycles. The van der Waals surface area contributed by atoms with E-state index in [1.54, 1.807) is 12.1 Å². The van der Waals surface area contributed by atoms with Gasteiger partial charge in [-0.1, -0.05) is 62.2 Å². The quantitative estimate of drug-likeness (QED) is 0.0588. The van der Waals surface area contributed by atoms with Gasteiger partial charge in [-0.3, -0.25) is 0 Å². The average molecular weight is 684 g/mol. The standard InChI is InChI=1S/C24H25O3S2.C9H13F3O3S/c25-29(26,24-14-8-3-9-15-24)27-20-16-18-23(19-17-20)28(21-10-4-1-5-11-21)22-12-6-2-7-13-22;1-6(2)8(13)15-5-4-7(10)9(11,12)16-14-3/h1-2,4-7,10-13,16-19,24H,3,8-9,14-15H2;7H,1,4-5H2,2-3H3/q+1;. The number of rotatable bonds is 13. The highest BCUT2D eigenvalue weighted by Crippen LogP contribution is 2.36. The summed E-state index contributed by atoms with van der Waals surface area (Å²) in [6.07, 6.45) is 1.41. The molecule has 4 rings (SSSR count). The maximum absolute atomic E-state index is 13.0. The molecule has 1 fully saturated rings. The van der Waals surface area contributed by atoms with E-state index in [1.807, 2.05) is 48.5 Å². The summed E-state index contributed by atoms with van der Waals surface area (Å²) in [5, 5.41) is -4.02. The Morgan fingerprint density at radius 2 is 1.44 bits per heavy atom.